The van der Waals surface area contributed by atoms with E-state index in [1.807, 2.05) is 28.9 Å². The van der Waals surface area contributed by atoms with Gasteiger partial charge in [0.2, 0.25) is 0 Å². The van der Waals surface area contributed by atoms with Gasteiger partial charge in [0.05, 0.1) is 11.4 Å². The van der Waals surface area contributed by atoms with Crippen LogP contribution in [0.4, 0.5) is 0 Å². The van der Waals surface area contributed by atoms with Gasteiger partial charge in [-0.05, 0) is 49.2 Å². The third-order valence-corrected chi connectivity index (χ3v) is 3.72. The molecule has 22 heavy (non-hydrogen) atoms. The number of benzene rings is 2. The minimum absolute atomic E-state index is 0.326. The highest BCUT2D eigenvalue weighted by Crippen LogP contribution is 2.27. The van der Waals surface area contributed by atoms with E-state index in [-0.39, 0.29) is 0 Å². The fourth-order valence-electron chi connectivity index (χ4n) is 2.63. The maximum Gasteiger partial charge on any atom is 0.105 e. The van der Waals surface area contributed by atoms with E-state index in [1.165, 1.54) is 11.1 Å². The summed E-state index contributed by atoms with van der Waals surface area (Å²) in [6.45, 7) is 4.46. The van der Waals surface area contributed by atoms with Gasteiger partial charge in [-0.3, -0.25) is 0 Å². The summed E-state index contributed by atoms with van der Waals surface area (Å²) < 4.78 is 1.83. The topological polar surface area (TPSA) is 56.7 Å². The second-order valence-corrected chi connectivity index (χ2v) is 5.79. The molecule has 0 fully saturated rings. The van der Waals surface area contributed by atoms with E-state index >= 15 is 0 Å². The van der Waals surface area contributed by atoms with Crippen LogP contribution in [-0.2, 0) is 6.54 Å². The molecule has 2 aromatic carbocycles. The van der Waals surface area contributed by atoms with Crippen molar-refractivity contribution in [1.29, 1.82) is 0 Å². The van der Waals surface area contributed by atoms with Crippen molar-refractivity contribution in [2.24, 2.45) is 5.73 Å². The molecule has 0 amide bonds. The molecule has 0 aliphatic rings. The lowest BCUT2D eigenvalue weighted by molar-refractivity contribution is 0.798. The van der Waals surface area contributed by atoms with Gasteiger partial charge in [-0.25, -0.2) is 4.68 Å². The molecule has 4 nitrogen and oxygen atoms in total. The van der Waals surface area contributed by atoms with Crippen molar-refractivity contribution in [3.8, 4) is 16.9 Å². The molecule has 0 spiro atoms. The van der Waals surface area contributed by atoms with Crippen LogP contribution in [-0.4, -0.2) is 15.0 Å². The molecule has 0 aliphatic heterocycles. The Hall–Kier alpha value is -2.17. The first-order valence-electron chi connectivity index (χ1n) is 7.08. The van der Waals surface area contributed by atoms with Crippen LogP contribution < -0.4 is 5.73 Å². The molecule has 112 valence electrons. The number of nitrogens with zero attached hydrogens (tertiary/aromatic N) is 3. The standard InChI is InChI=1S/C17H17ClN4/c1-11-6-12(2)8-15(7-11)22-17(16(10-19)20-21-22)13-4-3-5-14(18)9-13/h3-9H,10,19H2,1-2H3. The van der Waals surface area contributed by atoms with E-state index < -0.39 is 0 Å². The Labute approximate surface area is 134 Å². The van der Waals surface area contributed by atoms with Gasteiger partial charge in [-0.2, -0.15) is 0 Å². The predicted molar refractivity (Wildman–Crippen MR) is 89.2 cm³/mol. The lowest BCUT2D eigenvalue weighted by atomic mass is 10.1. The zero-order chi connectivity index (χ0) is 15.7. The first kappa shape index (κ1) is 14.8. The van der Waals surface area contributed by atoms with Crippen molar-refractivity contribution in [2.75, 3.05) is 0 Å². The Kier molecular flexibility index (Phi) is 3.96. The number of nitrogens with two attached hydrogens (primary N) is 1. The number of aromatic nitrogens is 3. The highest BCUT2D eigenvalue weighted by Gasteiger charge is 2.16. The van der Waals surface area contributed by atoms with E-state index in [0.29, 0.717) is 11.6 Å². The predicted octanol–water partition coefficient (Wildman–Crippen LogP) is 3.66. The smallest absolute Gasteiger partial charge is 0.105 e. The quantitative estimate of drug-likeness (QED) is 0.803. The summed E-state index contributed by atoms with van der Waals surface area (Å²) in [5, 5.41) is 9.19. The zero-order valence-corrected chi connectivity index (χ0v) is 13.3. The van der Waals surface area contributed by atoms with E-state index in [4.69, 9.17) is 17.3 Å². The Morgan fingerprint density at radius 3 is 2.45 bits per heavy atom. The van der Waals surface area contributed by atoms with Crippen LogP contribution in [0, 0.1) is 13.8 Å². The van der Waals surface area contributed by atoms with Crippen molar-refractivity contribution >= 4 is 11.6 Å². The van der Waals surface area contributed by atoms with Gasteiger partial charge in [0.1, 0.15) is 5.69 Å². The lowest BCUT2D eigenvalue weighted by Crippen LogP contribution is -2.03. The second kappa shape index (κ2) is 5.91. The summed E-state index contributed by atoms with van der Waals surface area (Å²) >= 11 is 6.12. The second-order valence-electron chi connectivity index (χ2n) is 5.36. The van der Waals surface area contributed by atoms with Gasteiger partial charge in [-0.1, -0.05) is 35.0 Å². The monoisotopic (exact) mass is 312 g/mol. The number of hydrogen-bond acceptors (Lipinski definition) is 3. The van der Waals surface area contributed by atoms with Gasteiger partial charge in [0, 0.05) is 17.1 Å². The summed E-state index contributed by atoms with van der Waals surface area (Å²) in [6, 6.07) is 13.9. The van der Waals surface area contributed by atoms with Crippen molar-refractivity contribution < 1.29 is 0 Å². The molecule has 5 heteroatoms. The number of halogens is 1. The average molecular weight is 313 g/mol. The number of hydrogen-bond donors (Lipinski definition) is 1. The number of aryl methyl sites for hydroxylation is 2. The Morgan fingerprint density at radius 1 is 1.09 bits per heavy atom. The van der Waals surface area contributed by atoms with Crippen LogP contribution in [0.15, 0.2) is 42.5 Å². The fraction of sp³-hybridized carbons (Fsp3) is 0.176. The molecular weight excluding hydrogens is 296 g/mol. The molecule has 0 bridgehead atoms. The highest BCUT2D eigenvalue weighted by molar-refractivity contribution is 6.30. The zero-order valence-electron chi connectivity index (χ0n) is 12.5. The summed E-state index contributed by atoms with van der Waals surface area (Å²) in [5.74, 6) is 0. The Morgan fingerprint density at radius 2 is 1.82 bits per heavy atom. The SMILES string of the molecule is Cc1cc(C)cc(-n2nnc(CN)c2-c2cccc(Cl)c2)c1. The largest absolute Gasteiger partial charge is 0.325 e. The summed E-state index contributed by atoms with van der Waals surface area (Å²) in [7, 11) is 0. The van der Waals surface area contributed by atoms with Crippen LogP contribution in [0.2, 0.25) is 5.02 Å². The van der Waals surface area contributed by atoms with Crippen molar-refractivity contribution in [2.45, 2.75) is 20.4 Å². The molecule has 0 unspecified atom stereocenters. The Bertz CT molecular complexity index is 803. The molecule has 0 atom stereocenters. The highest BCUT2D eigenvalue weighted by atomic mass is 35.5. The van der Waals surface area contributed by atoms with Crippen LogP contribution >= 0.6 is 11.6 Å². The first-order valence-corrected chi connectivity index (χ1v) is 7.45. The lowest BCUT2D eigenvalue weighted by Gasteiger charge is -2.10. The molecule has 0 radical (unpaired) electrons. The first-order chi connectivity index (χ1) is 10.6. The van der Waals surface area contributed by atoms with Crippen LogP contribution in [0.25, 0.3) is 16.9 Å². The van der Waals surface area contributed by atoms with Crippen LogP contribution in [0.1, 0.15) is 16.8 Å². The Balaban J connectivity index is 2.23. The molecule has 1 heterocycles. The van der Waals surface area contributed by atoms with Crippen molar-refractivity contribution in [3.63, 3.8) is 0 Å². The van der Waals surface area contributed by atoms with Gasteiger partial charge >= 0.3 is 0 Å². The van der Waals surface area contributed by atoms with Crippen LogP contribution in [0.5, 0.6) is 0 Å². The minimum atomic E-state index is 0.326. The summed E-state index contributed by atoms with van der Waals surface area (Å²) in [4.78, 5) is 0. The van der Waals surface area contributed by atoms with Crippen molar-refractivity contribution in [1.82, 2.24) is 15.0 Å². The summed E-state index contributed by atoms with van der Waals surface area (Å²) in [6.07, 6.45) is 0. The molecule has 0 saturated heterocycles. The third-order valence-electron chi connectivity index (χ3n) is 3.48. The minimum Gasteiger partial charge on any atom is -0.325 e. The van der Waals surface area contributed by atoms with Gasteiger partial charge in [-0.15, -0.1) is 5.10 Å². The maximum absolute atomic E-state index is 6.12. The molecule has 0 saturated carbocycles. The van der Waals surface area contributed by atoms with Gasteiger partial charge < -0.3 is 5.73 Å². The number of rotatable bonds is 3. The molecule has 2 N–H and O–H groups in total. The molecule has 3 rings (SSSR count). The fourth-order valence-corrected chi connectivity index (χ4v) is 2.82. The molecular formula is C17H17ClN4. The summed E-state index contributed by atoms with van der Waals surface area (Å²) in [5.41, 5.74) is 11.7. The van der Waals surface area contributed by atoms with E-state index in [2.05, 4.69) is 42.4 Å². The molecule has 0 aliphatic carbocycles. The van der Waals surface area contributed by atoms with Gasteiger partial charge in [0.25, 0.3) is 0 Å². The maximum atomic E-state index is 6.12. The van der Waals surface area contributed by atoms with Crippen LogP contribution in [0.3, 0.4) is 0 Å². The van der Waals surface area contributed by atoms with E-state index in [1.54, 1.807) is 0 Å². The third kappa shape index (κ3) is 2.75. The molecule has 1 aromatic heterocycles. The molecule has 3 aromatic rings. The average Bonchev–Trinajstić information content (AvgIpc) is 2.90. The van der Waals surface area contributed by atoms with Crippen molar-refractivity contribution in [3.05, 3.63) is 64.3 Å². The van der Waals surface area contributed by atoms with E-state index in [9.17, 15) is 0 Å². The normalized spacial score (nSPS) is 10.9. The van der Waals surface area contributed by atoms with Gasteiger partial charge in [0.15, 0.2) is 0 Å². The van der Waals surface area contributed by atoms with E-state index in [0.717, 1.165) is 22.6 Å².